The molecule has 0 bridgehead atoms. The smallest absolute Gasteiger partial charge is 0.336 e. The van der Waals surface area contributed by atoms with Gasteiger partial charge in [0.25, 0.3) is 0 Å². The quantitative estimate of drug-likeness (QED) is 0.780. The van der Waals surface area contributed by atoms with Crippen molar-refractivity contribution in [2.75, 3.05) is 0 Å². The second-order valence-corrected chi connectivity index (χ2v) is 4.62. The molecule has 0 spiro atoms. The number of carbonyl (C=O) groups is 1. The van der Waals surface area contributed by atoms with Crippen molar-refractivity contribution in [3.8, 4) is 11.4 Å². The molecule has 98 valence electrons. The van der Waals surface area contributed by atoms with Crippen molar-refractivity contribution in [2.45, 2.75) is 0 Å². The van der Waals surface area contributed by atoms with Crippen molar-refractivity contribution in [3.63, 3.8) is 0 Å². The van der Waals surface area contributed by atoms with Crippen molar-refractivity contribution < 1.29 is 9.90 Å². The molecule has 3 rings (SSSR count). The average Bonchev–Trinajstić information content (AvgIpc) is 2.47. The number of rotatable bonds is 2. The Morgan fingerprint density at radius 1 is 1.10 bits per heavy atom. The van der Waals surface area contributed by atoms with Crippen LogP contribution < -0.4 is 0 Å². The molecular weight excluding hydrogens is 276 g/mol. The molecule has 0 unspecified atom stereocenters. The third kappa shape index (κ3) is 2.10. The second-order valence-electron chi connectivity index (χ2n) is 4.21. The van der Waals surface area contributed by atoms with Crippen LogP contribution >= 0.6 is 11.6 Å². The number of aromatic nitrogens is 2. The van der Waals surface area contributed by atoms with Crippen LogP contribution in [0, 0.1) is 0 Å². The zero-order valence-corrected chi connectivity index (χ0v) is 11.0. The number of pyridine rings is 2. The first-order valence-corrected chi connectivity index (χ1v) is 6.28. The third-order valence-corrected chi connectivity index (χ3v) is 3.25. The number of hydrogen-bond acceptors (Lipinski definition) is 3. The fourth-order valence-corrected chi connectivity index (χ4v) is 2.25. The fraction of sp³-hybridized carbons (Fsp3) is 0. The van der Waals surface area contributed by atoms with E-state index in [0.717, 1.165) is 0 Å². The zero-order chi connectivity index (χ0) is 14.1. The van der Waals surface area contributed by atoms with Crippen molar-refractivity contribution >= 4 is 28.5 Å². The van der Waals surface area contributed by atoms with Crippen molar-refractivity contribution in [2.24, 2.45) is 0 Å². The van der Waals surface area contributed by atoms with Gasteiger partial charge >= 0.3 is 5.97 Å². The van der Waals surface area contributed by atoms with Crippen LogP contribution in [0.15, 0.2) is 48.7 Å². The Kier molecular flexibility index (Phi) is 3.08. The Bertz CT molecular complexity index is 804. The number of nitrogens with zero attached hydrogens (tertiary/aromatic N) is 2. The number of carboxylic acid groups (broad SMARTS) is 1. The summed E-state index contributed by atoms with van der Waals surface area (Å²) in [6.07, 6.45) is 1.63. The molecular formula is C15H9ClN2O2. The minimum atomic E-state index is -1.02. The maximum Gasteiger partial charge on any atom is 0.336 e. The van der Waals surface area contributed by atoms with E-state index < -0.39 is 5.97 Å². The van der Waals surface area contributed by atoms with Crippen LogP contribution in [0.1, 0.15) is 10.4 Å². The third-order valence-electron chi connectivity index (χ3n) is 2.95. The Morgan fingerprint density at radius 3 is 2.65 bits per heavy atom. The van der Waals surface area contributed by atoms with Crippen molar-refractivity contribution in [3.05, 3.63) is 59.2 Å². The molecule has 1 N–H and O–H groups in total. The van der Waals surface area contributed by atoms with Crippen LogP contribution in [0.25, 0.3) is 22.3 Å². The van der Waals surface area contributed by atoms with Gasteiger partial charge in [-0.3, -0.25) is 4.98 Å². The molecule has 0 aliphatic heterocycles. The van der Waals surface area contributed by atoms with E-state index in [2.05, 4.69) is 9.97 Å². The van der Waals surface area contributed by atoms with Crippen LogP contribution in [0.3, 0.4) is 0 Å². The van der Waals surface area contributed by atoms with Gasteiger partial charge in [-0.15, -0.1) is 0 Å². The Labute approximate surface area is 119 Å². The molecule has 2 heterocycles. The van der Waals surface area contributed by atoms with Gasteiger partial charge in [-0.1, -0.05) is 29.8 Å². The topological polar surface area (TPSA) is 63.1 Å². The summed E-state index contributed by atoms with van der Waals surface area (Å²) in [6.45, 7) is 0. The molecule has 1 aromatic carbocycles. The summed E-state index contributed by atoms with van der Waals surface area (Å²) in [6, 6.07) is 12.0. The van der Waals surface area contributed by atoms with Gasteiger partial charge in [-0.2, -0.15) is 0 Å². The lowest BCUT2D eigenvalue weighted by Crippen LogP contribution is -2.01. The van der Waals surface area contributed by atoms with Gasteiger partial charge in [-0.05, 0) is 24.3 Å². The lowest BCUT2D eigenvalue weighted by Gasteiger charge is -2.07. The summed E-state index contributed by atoms with van der Waals surface area (Å²) >= 11 is 6.12. The SMILES string of the molecule is O=C(O)c1cc(-c2ccccn2)nc2c(Cl)cccc12. The van der Waals surface area contributed by atoms with Gasteiger partial charge in [-0.25, -0.2) is 9.78 Å². The van der Waals surface area contributed by atoms with Gasteiger partial charge in [0.05, 0.1) is 27.5 Å². The van der Waals surface area contributed by atoms with E-state index in [1.165, 1.54) is 6.07 Å². The average molecular weight is 285 g/mol. The number of fused-ring (bicyclic) bond motifs is 1. The molecule has 3 aromatic rings. The van der Waals surface area contributed by atoms with Gasteiger partial charge < -0.3 is 5.11 Å². The molecule has 2 aromatic heterocycles. The van der Waals surface area contributed by atoms with Gasteiger partial charge in [0.2, 0.25) is 0 Å². The van der Waals surface area contributed by atoms with Crippen LogP contribution in [-0.4, -0.2) is 21.0 Å². The summed E-state index contributed by atoms with van der Waals surface area (Å²) in [7, 11) is 0. The van der Waals surface area contributed by atoms with Gasteiger partial charge in [0.15, 0.2) is 0 Å². The Balaban J connectivity index is 2.36. The molecule has 0 saturated carbocycles. The molecule has 0 aliphatic rings. The minimum absolute atomic E-state index is 0.165. The first kappa shape index (κ1) is 12.6. The number of hydrogen-bond donors (Lipinski definition) is 1. The van der Waals surface area contributed by atoms with Crippen molar-refractivity contribution in [1.29, 1.82) is 0 Å². The van der Waals surface area contributed by atoms with Crippen LogP contribution in [0.2, 0.25) is 5.02 Å². The second kappa shape index (κ2) is 4.90. The maximum absolute atomic E-state index is 11.4. The number of benzene rings is 1. The first-order chi connectivity index (χ1) is 9.66. The van der Waals surface area contributed by atoms with Crippen LogP contribution in [-0.2, 0) is 0 Å². The van der Waals surface area contributed by atoms with Gasteiger partial charge in [0.1, 0.15) is 0 Å². The summed E-state index contributed by atoms with van der Waals surface area (Å²) in [5.41, 5.74) is 1.73. The fourth-order valence-electron chi connectivity index (χ4n) is 2.04. The number of para-hydroxylation sites is 1. The molecule has 0 radical (unpaired) electrons. The normalized spacial score (nSPS) is 10.7. The van der Waals surface area contributed by atoms with E-state index in [4.69, 9.17) is 11.6 Å². The Hall–Kier alpha value is -2.46. The summed E-state index contributed by atoms with van der Waals surface area (Å²) in [4.78, 5) is 20.0. The van der Waals surface area contributed by atoms with E-state index in [1.54, 1.807) is 36.5 Å². The number of halogens is 1. The van der Waals surface area contributed by atoms with E-state index in [1.807, 2.05) is 6.07 Å². The van der Waals surface area contributed by atoms with Crippen LogP contribution in [0.4, 0.5) is 0 Å². The van der Waals surface area contributed by atoms with Crippen molar-refractivity contribution in [1.82, 2.24) is 9.97 Å². The molecule has 4 nitrogen and oxygen atoms in total. The lowest BCUT2D eigenvalue weighted by molar-refractivity contribution is 0.0699. The summed E-state index contributed by atoms with van der Waals surface area (Å²) in [5.74, 6) is -1.02. The highest BCUT2D eigenvalue weighted by Gasteiger charge is 2.14. The highest BCUT2D eigenvalue weighted by atomic mass is 35.5. The zero-order valence-electron chi connectivity index (χ0n) is 10.2. The molecule has 5 heteroatoms. The summed E-state index contributed by atoms with van der Waals surface area (Å²) in [5, 5.41) is 10.3. The Morgan fingerprint density at radius 2 is 1.95 bits per heavy atom. The minimum Gasteiger partial charge on any atom is -0.478 e. The highest BCUT2D eigenvalue weighted by molar-refractivity contribution is 6.35. The van der Waals surface area contributed by atoms with E-state index in [0.29, 0.717) is 27.3 Å². The predicted molar refractivity (Wildman–Crippen MR) is 76.9 cm³/mol. The lowest BCUT2D eigenvalue weighted by atomic mass is 10.1. The molecule has 0 fully saturated rings. The molecule has 0 aliphatic carbocycles. The predicted octanol–water partition coefficient (Wildman–Crippen LogP) is 3.65. The van der Waals surface area contributed by atoms with E-state index in [9.17, 15) is 9.90 Å². The highest BCUT2D eigenvalue weighted by Crippen LogP contribution is 2.28. The standard InChI is InChI=1S/C15H9ClN2O2/c16-11-5-3-4-9-10(15(19)20)8-13(18-14(9)11)12-6-1-2-7-17-12/h1-8H,(H,19,20). The van der Waals surface area contributed by atoms with Crippen LogP contribution in [0.5, 0.6) is 0 Å². The summed E-state index contributed by atoms with van der Waals surface area (Å²) < 4.78 is 0. The van der Waals surface area contributed by atoms with E-state index in [-0.39, 0.29) is 5.56 Å². The molecule has 0 amide bonds. The maximum atomic E-state index is 11.4. The number of aromatic carboxylic acids is 1. The molecule has 0 atom stereocenters. The first-order valence-electron chi connectivity index (χ1n) is 5.91. The molecule has 20 heavy (non-hydrogen) atoms. The van der Waals surface area contributed by atoms with E-state index >= 15 is 0 Å². The largest absolute Gasteiger partial charge is 0.478 e. The number of carboxylic acids is 1. The molecule has 0 saturated heterocycles. The monoisotopic (exact) mass is 284 g/mol. The van der Waals surface area contributed by atoms with Gasteiger partial charge in [0, 0.05) is 11.6 Å².